The van der Waals surface area contributed by atoms with Crippen LogP contribution >= 0.6 is 11.8 Å². The van der Waals surface area contributed by atoms with E-state index in [0.29, 0.717) is 11.1 Å². The predicted molar refractivity (Wildman–Crippen MR) is 67.1 cm³/mol. The van der Waals surface area contributed by atoms with E-state index in [1.807, 2.05) is 26.0 Å². The molecule has 0 saturated carbocycles. The number of aryl methyl sites for hydroxylation is 1. The molecule has 17 heavy (non-hydrogen) atoms. The Bertz CT molecular complexity index is 503. The lowest BCUT2D eigenvalue weighted by molar-refractivity contribution is 0.924. The van der Waals surface area contributed by atoms with Gasteiger partial charge in [-0.25, -0.2) is 19.9 Å². The molecule has 1 N–H and O–H groups in total. The molecule has 2 heterocycles. The number of aromatic nitrogens is 4. The van der Waals surface area contributed by atoms with E-state index >= 15 is 0 Å². The average Bonchev–Trinajstić information content (AvgIpc) is 2.30. The first kappa shape index (κ1) is 11.8. The summed E-state index contributed by atoms with van der Waals surface area (Å²) in [6, 6.07) is 3.71. The topological polar surface area (TPSA) is 63.6 Å². The Balaban J connectivity index is 2.15. The van der Waals surface area contributed by atoms with Crippen molar-refractivity contribution in [2.45, 2.75) is 24.0 Å². The molecule has 0 aliphatic carbocycles. The third-order valence-electron chi connectivity index (χ3n) is 1.93. The van der Waals surface area contributed by atoms with Crippen LogP contribution in [0, 0.1) is 6.92 Å². The minimum absolute atomic E-state index is 0.630. The van der Waals surface area contributed by atoms with Crippen LogP contribution in [0.5, 0.6) is 0 Å². The molecule has 2 aromatic rings. The molecule has 0 aliphatic heterocycles. The fourth-order valence-corrected chi connectivity index (χ4v) is 1.96. The summed E-state index contributed by atoms with van der Waals surface area (Å²) in [6.07, 6.45) is 3.47. The predicted octanol–water partition coefficient (Wildman–Crippen LogP) is 2.16. The van der Waals surface area contributed by atoms with Crippen LogP contribution in [0.25, 0.3) is 0 Å². The van der Waals surface area contributed by atoms with Gasteiger partial charge in [0.1, 0.15) is 5.03 Å². The highest BCUT2D eigenvalue weighted by molar-refractivity contribution is 7.99. The third kappa shape index (κ3) is 3.39. The normalized spacial score (nSPS) is 10.2. The second kappa shape index (κ2) is 5.58. The molecule has 6 heteroatoms. The minimum Gasteiger partial charge on any atom is -0.354 e. The highest BCUT2D eigenvalue weighted by Gasteiger charge is 2.03. The highest BCUT2D eigenvalue weighted by atomic mass is 32.2. The standard InChI is InChI=1S/C11H13N5S/c1-3-12-10-13-7-5-9(16-10)17-11-14-6-4-8(2)15-11/h4-7H,3H2,1-2H3,(H,12,13,16). The van der Waals surface area contributed by atoms with Gasteiger partial charge in [0, 0.05) is 24.6 Å². The quantitative estimate of drug-likeness (QED) is 0.660. The first-order valence-electron chi connectivity index (χ1n) is 5.32. The molecule has 0 aliphatic rings. The maximum atomic E-state index is 4.35. The summed E-state index contributed by atoms with van der Waals surface area (Å²) in [7, 11) is 0. The molecule has 0 amide bonds. The van der Waals surface area contributed by atoms with Gasteiger partial charge < -0.3 is 5.32 Å². The summed E-state index contributed by atoms with van der Waals surface area (Å²) in [5.74, 6) is 0.630. The van der Waals surface area contributed by atoms with Crippen molar-refractivity contribution in [2.24, 2.45) is 0 Å². The zero-order chi connectivity index (χ0) is 12.1. The monoisotopic (exact) mass is 247 g/mol. The Hall–Kier alpha value is -1.69. The Labute approximate surface area is 104 Å². The molecule has 0 bridgehead atoms. The van der Waals surface area contributed by atoms with Crippen LogP contribution in [0.1, 0.15) is 12.6 Å². The van der Waals surface area contributed by atoms with Crippen molar-refractivity contribution in [1.29, 1.82) is 0 Å². The van der Waals surface area contributed by atoms with Gasteiger partial charge in [-0.1, -0.05) is 0 Å². The van der Waals surface area contributed by atoms with Crippen molar-refractivity contribution in [2.75, 3.05) is 11.9 Å². The van der Waals surface area contributed by atoms with Crippen LogP contribution in [-0.4, -0.2) is 26.5 Å². The van der Waals surface area contributed by atoms with Gasteiger partial charge >= 0.3 is 0 Å². The molecule has 0 fully saturated rings. The smallest absolute Gasteiger partial charge is 0.223 e. The number of nitrogens with zero attached hydrogens (tertiary/aromatic N) is 4. The fraction of sp³-hybridized carbons (Fsp3) is 0.273. The lowest BCUT2D eigenvalue weighted by Crippen LogP contribution is -2.01. The van der Waals surface area contributed by atoms with E-state index in [1.54, 1.807) is 12.4 Å². The SMILES string of the molecule is CCNc1nccc(Sc2nccc(C)n2)n1. The van der Waals surface area contributed by atoms with Crippen molar-refractivity contribution in [3.05, 3.63) is 30.2 Å². The molecule has 5 nitrogen and oxygen atoms in total. The Morgan fingerprint density at radius 3 is 2.76 bits per heavy atom. The van der Waals surface area contributed by atoms with E-state index in [2.05, 4.69) is 25.3 Å². The van der Waals surface area contributed by atoms with Crippen LogP contribution < -0.4 is 5.32 Å². The van der Waals surface area contributed by atoms with E-state index < -0.39 is 0 Å². The molecule has 2 aromatic heterocycles. The summed E-state index contributed by atoms with van der Waals surface area (Å²) in [5, 5.41) is 4.60. The Morgan fingerprint density at radius 1 is 1.18 bits per heavy atom. The zero-order valence-corrected chi connectivity index (χ0v) is 10.5. The number of anilines is 1. The van der Waals surface area contributed by atoms with Crippen molar-refractivity contribution in [3.8, 4) is 0 Å². The number of hydrogen-bond acceptors (Lipinski definition) is 6. The third-order valence-corrected chi connectivity index (χ3v) is 2.75. The summed E-state index contributed by atoms with van der Waals surface area (Å²) < 4.78 is 0. The highest BCUT2D eigenvalue weighted by Crippen LogP contribution is 2.22. The fourth-order valence-electron chi connectivity index (χ4n) is 1.21. The summed E-state index contributed by atoms with van der Waals surface area (Å²) in [4.78, 5) is 17.0. The Morgan fingerprint density at radius 2 is 2.00 bits per heavy atom. The first-order chi connectivity index (χ1) is 8.28. The van der Waals surface area contributed by atoms with E-state index in [4.69, 9.17) is 0 Å². The summed E-state index contributed by atoms with van der Waals surface area (Å²) in [5.41, 5.74) is 0.948. The maximum absolute atomic E-state index is 4.35. The van der Waals surface area contributed by atoms with Crippen LogP contribution in [-0.2, 0) is 0 Å². The van der Waals surface area contributed by atoms with Gasteiger partial charge in [-0.05, 0) is 37.7 Å². The van der Waals surface area contributed by atoms with E-state index in [9.17, 15) is 0 Å². The lowest BCUT2D eigenvalue weighted by Gasteiger charge is -2.03. The molecule has 0 radical (unpaired) electrons. The van der Waals surface area contributed by atoms with Gasteiger partial charge in [-0.2, -0.15) is 0 Å². The van der Waals surface area contributed by atoms with Gasteiger partial charge in [0.05, 0.1) is 0 Å². The van der Waals surface area contributed by atoms with Crippen molar-refractivity contribution < 1.29 is 0 Å². The van der Waals surface area contributed by atoms with Gasteiger partial charge in [0.2, 0.25) is 5.95 Å². The van der Waals surface area contributed by atoms with Crippen LogP contribution in [0.15, 0.2) is 34.7 Å². The lowest BCUT2D eigenvalue weighted by atomic mass is 10.5. The maximum Gasteiger partial charge on any atom is 0.223 e. The molecular weight excluding hydrogens is 234 g/mol. The Kier molecular flexibility index (Phi) is 3.87. The molecule has 0 unspecified atom stereocenters. The first-order valence-corrected chi connectivity index (χ1v) is 6.14. The molecule has 0 atom stereocenters. The van der Waals surface area contributed by atoms with Gasteiger partial charge in [0.25, 0.3) is 0 Å². The molecule has 0 aromatic carbocycles. The largest absolute Gasteiger partial charge is 0.354 e. The van der Waals surface area contributed by atoms with Crippen molar-refractivity contribution >= 4 is 17.7 Å². The number of hydrogen-bond donors (Lipinski definition) is 1. The van der Waals surface area contributed by atoms with Gasteiger partial charge in [-0.15, -0.1) is 0 Å². The van der Waals surface area contributed by atoms with Crippen LogP contribution in [0.4, 0.5) is 5.95 Å². The molecule has 2 rings (SSSR count). The zero-order valence-electron chi connectivity index (χ0n) is 9.71. The van der Waals surface area contributed by atoms with Crippen LogP contribution in [0.3, 0.4) is 0 Å². The number of nitrogens with one attached hydrogen (secondary N) is 1. The van der Waals surface area contributed by atoms with Gasteiger partial charge in [-0.3, -0.25) is 0 Å². The molecule has 88 valence electrons. The van der Waals surface area contributed by atoms with Crippen molar-refractivity contribution in [1.82, 2.24) is 19.9 Å². The molecule has 0 spiro atoms. The second-order valence-corrected chi connectivity index (χ2v) is 4.32. The van der Waals surface area contributed by atoms with E-state index in [1.165, 1.54) is 11.8 Å². The van der Waals surface area contributed by atoms with E-state index in [0.717, 1.165) is 17.3 Å². The summed E-state index contributed by atoms with van der Waals surface area (Å²) in [6.45, 7) is 4.75. The minimum atomic E-state index is 0.630. The average molecular weight is 247 g/mol. The van der Waals surface area contributed by atoms with Crippen molar-refractivity contribution in [3.63, 3.8) is 0 Å². The number of rotatable bonds is 4. The van der Waals surface area contributed by atoms with E-state index in [-0.39, 0.29) is 0 Å². The summed E-state index contributed by atoms with van der Waals surface area (Å²) >= 11 is 1.43. The van der Waals surface area contributed by atoms with Gasteiger partial charge in [0.15, 0.2) is 5.16 Å². The molecule has 0 saturated heterocycles. The second-order valence-electron chi connectivity index (χ2n) is 3.33. The molecular formula is C11H13N5S. The van der Waals surface area contributed by atoms with Crippen LogP contribution in [0.2, 0.25) is 0 Å².